The molecule has 94 valence electrons. The minimum Gasteiger partial charge on any atom is -0.247 e. The predicted octanol–water partition coefficient (Wildman–Crippen LogP) is 2.04. The molecular formula is C11H13BrO4S. The summed E-state index contributed by atoms with van der Waals surface area (Å²) < 4.78 is 31.8. The molecule has 0 unspecified atom stereocenters. The highest BCUT2D eigenvalue weighted by molar-refractivity contribution is 9.09. The van der Waals surface area contributed by atoms with Crippen LogP contribution in [0.4, 0.5) is 0 Å². The minimum absolute atomic E-state index is 0.0882. The summed E-state index contributed by atoms with van der Waals surface area (Å²) in [6, 6.07) is 9.89. The molecule has 1 aliphatic rings. The quantitative estimate of drug-likeness (QED) is 0.800. The lowest BCUT2D eigenvalue weighted by Gasteiger charge is -2.26. The van der Waals surface area contributed by atoms with Gasteiger partial charge in [0.15, 0.2) is 0 Å². The molecular weight excluding hydrogens is 308 g/mol. The van der Waals surface area contributed by atoms with Gasteiger partial charge in [0.1, 0.15) is 0 Å². The average molecular weight is 321 g/mol. The fraction of sp³-hybridized carbons (Fsp3) is 0.455. The molecule has 0 bridgehead atoms. The zero-order valence-corrected chi connectivity index (χ0v) is 11.5. The third kappa shape index (κ3) is 3.77. The van der Waals surface area contributed by atoms with Crippen LogP contribution in [-0.2, 0) is 25.2 Å². The van der Waals surface area contributed by atoms with E-state index in [1.54, 1.807) is 0 Å². The maximum Gasteiger partial charge on any atom is 0.400 e. The maximum atomic E-state index is 11.2. The summed E-state index contributed by atoms with van der Waals surface area (Å²) >= 11 is 3.37. The van der Waals surface area contributed by atoms with Gasteiger partial charge in [-0.2, -0.15) is 8.42 Å². The third-order valence-electron chi connectivity index (χ3n) is 2.58. The summed E-state index contributed by atoms with van der Waals surface area (Å²) in [7, 11) is -3.80. The molecule has 1 fully saturated rings. The second kappa shape index (κ2) is 5.48. The van der Waals surface area contributed by atoms with Gasteiger partial charge in [0.2, 0.25) is 0 Å². The van der Waals surface area contributed by atoms with Crippen LogP contribution < -0.4 is 0 Å². The largest absolute Gasteiger partial charge is 0.400 e. The van der Waals surface area contributed by atoms with Crippen molar-refractivity contribution in [2.45, 2.75) is 23.8 Å². The molecule has 0 spiro atoms. The van der Waals surface area contributed by atoms with Crippen LogP contribution in [0.3, 0.4) is 0 Å². The predicted molar refractivity (Wildman–Crippen MR) is 67.2 cm³/mol. The molecule has 4 nitrogen and oxygen atoms in total. The van der Waals surface area contributed by atoms with Crippen molar-refractivity contribution in [3.05, 3.63) is 35.9 Å². The molecule has 6 heteroatoms. The summed E-state index contributed by atoms with van der Waals surface area (Å²) in [6.07, 6.45) is 1.06. The zero-order valence-electron chi connectivity index (χ0n) is 9.08. The van der Waals surface area contributed by atoms with Gasteiger partial charge in [0.05, 0.1) is 17.5 Å². The number of alkyl halides is 1. The number of aryl methyl sites for hydroxylation is 1. The summed E-state index contributed by atoms with van der Waals surface area (Å²) in [6.45, 7) is 0.127. The Hall–Kier alpha value is -0.430. The van der Waals surface area contributed by atoms with Gasteiger partial charge in [-0.3, -0.25) is 0 Å². The van der Waals surface area contributed by atoms with E-state index in [1.165, 1.54) is 5.56 Å². The van der Waals surface area contributed by atoms with Gasteiger partial charge < -0.3 is 0 Å². The summed E-state index contributed by atoms with van der Waals surface area (Å²) in [5.41, 5.74) is 1.17. The third-order valence-corrected chi connectivity index (χ3v) is 4.34. The van der Waals surface area contributed by atoms with Gasteiger partial charge in [-0.05, 0) is 18.4 Å². The Bertz CT molecular complexity index is 460. The first kappa shape index (κ1) is 13.0. The van der Waals surface area contributed by atoms with Crippen LogP contribution in [0.5, 0.6) is 0 Å². The average Bonchev–Trinajstić information content (AvgIpc) is 2.32. The van der Waals surface area contributed by atoms with Crippen molar-refractivity contribution in [1.82, 2.24) is 0 Å². The topological polar surface area (TPSA) is 52.6 Å². The van der Waals surface area contributed by atoms with E-state index in [-0.39, 0.29) is 17.5 Å². The van der Waals surface area contributed by atoms with Crippen molar-refractivity contribution >= 4 is 26.3 Å². The molecule has 0 amide bonds. The Morgan fingerprint density at radius 3 is 2.71 bits per heavy atom. The normalized spacial score (nSPS) is 27.8. The first-order chi connectivity index (χ1) is 8.07. The molecule has 1 aliphatic heterocycles. The number of benzene rings is 1. The van der Waals surface area contributed by atoms with Gasteiger partial charge in [-0.1, -0.05) is 46.3 Å². The van der Waals surface area contributed by atoms with Gasteiger partial charge in [-0.25, -0.2) is 8.37 Å². The van der Waals surface area contributed by atoms with Crippen molar-refractivity contribution < 1.29 is 16.8 Å². The number of hydrogen-bond acceptors (Lipinski definition) is 4. The highest BCUT2D eigenvalue weighted by Gasteiger charge is 2.33. The SMILES string of the molecule is O=S1(=O)OC[C@@H](Br)[C@H](CCc2ccccc2)O1. The number of halogens is 1. The van der Waals surface area contributed by atoms with Gasteiger partial charge in [0, 0.05) is 0 Å². The molecule has 1 heterocycles. The summed E-state index contributed by atoms with van der Waals surface area (Å²) in [4.78, 5) is -0.0882. The van der Waals surface area contributed by atoms with E-state index in [1.807, 2.05) is 30.3 Å². The monoisotopic (exact) mass is 320 g/mol. The minimum atomic E-state index is -3.80. The first-order valence-electron chi connectivity index (χ1n) is 5.32. The van der Waals surface area contributed by atoms with Crippen LogP contribution in [0.25, 0.3) is 0 Å². The molecule has 2 rings (SSSR count). The smallest absolute Gasteiger partial charge is 0.247 e. The van der Waals surface area contributed by atoms with Crippen LogP contribution >= 0.6 is 15.9 Å². The molecule has 1 aromatic carbocycles. The van der Waals surface area contributed by atoms with E-state index in [2.05, 4.69) is 20.1 Å². The first-order valence-corrected chi connectivity index (χ1v) is 7.57. The van der Waals surface area contributed by atoms with Gasteiger partial charge in [0.25, 0.3) is 0 Å². The lowest BCUT2D eigenvalue weighted by Crippen LogP contribution is -2.38. The van der Waals surface area contributed by atoms with Crippen molar-refractivity contribution in [3.8, 4) is 0 Å². The summed E-state index contributed by atoms with van der Waals surface area (Å²) in [5.74, 6) is 0. The molecule has 0 aliphatic carbocycles. The molecule has 0 aromatic heterocycles. The number of rotatable bonds is 3. The summed E-state index contributed by atoms with van der Waals surface area (Å²) in [5, 5.41) is 0. The Morgan fingerprint density at radius 2 is 2.00 bits per heavy atom. The van der Waals surface area contributed by atoms with Crippen LogP contribution in [0.15, 0.2) is 30.3 Å². The van der Waals surface area contributed by atoms with Crippen LogP contribution in [0.2, 0.25) is 0 Å². The fourth-order valence-electron chi connectivity index (χ4n) is 1.68. The molecule has 2 atom stereocenters. The molecule has 1 aromatic rings. The van der Waals surface area contributed by atoms with E-state index in [4.69, 9.17) is 4.18 Å². The molecule has 1 saturated heterocycles. The van der Waals surface area contributed by atoms with Gasteiger partial charge >= 0.3 is 10.4 Å². The second-order valence-corrected chi connectivity index (χ2v) is 6.29. The van der Waals surface area contributed by atoms with Crippen LogP contribution in [0.1, 0.15) is 12.0 Å². The maximum absolute atomic E-state index is 11.2. The highest BCUT2D eigenvalue weighted by Crippen LogP contribution is 2.24. The van der Waals surface area contributed by atoms with Crippen LogP contribution in [0, 0.1) is 0 Å². The fourth-order valence-corrected chi connectivity index (χ4v) is 3.40. The van der Waals surface area contributed by atoms with Crippen molar-refractivity contribution in [2.24, 2.45) is 0 Å². The lowest BCUT2D eigenvalue weighted by molar-refractivity contribution is 0.0947. The van der Waals surface area contributed by atoms with Crippen LogP contribution in [-0.4, -0.2) is 26.0 Å². The highest BCUT2D eigenvalue weighted by atomic mass is 79.9. The van der Waals surface area contributed by atoms with E-state index >= 15 is 0 Å². The van der Waals surface area contributed by atoms with Crippen molar-refractivity contribution in [2.75, 3.05) is 6.61 Å². The molecule has 0 saturated carbocycles. The Morgan fingerprint density at radius 1 is 1.29 bits per heavy atom. The van der Waals surface area contributed by atoms with Crippen molar-refractivity contribution in [3.63, 3.8) is 0 Å². The molecule has 0 N–H and O–H groups in total. The molecule has 17 heavy (non-hydrogen) atoms. The Balaban J connectivity index is 1.94. The zero-order chi connectivity index (χ0) is 12.3. The second-order valence-electron chi connectivity index (χ2n) is 3.87. The van der Waals surface area contributed by atoms with E-state index < -0.39 is 10.4 Å². The van der Waals surface area contributed by atoms with E-state index in [0.29, 0.717) is 6.42 Å². The Kier molecular flexibility index (Phi) is 4.19. The van der Waals surface area contributed by atoms with Gasteiger partial charge in [-0.15, -0.1) is 0 Å². The van der Waals surface area contributed by atoms with E-state index in [9.17, 15) is 8.42 Å². The lowest BCUT2D eigenvalue weighted by atomic mass is 10.1. The number of hydrogen-bond donors (Lipinski definition) is 0. The standard InChI is InChI=1S/C11H13BrO4S/c12-10-8-15-17(13,14)16-11(10)7-6-9-4-2-1-3-5-9/h1-5,10-11H,6-8H2/t10-,11+/m1/s1. The molecule has 0 radical (unpaired) electrons. The Labute approximate surface area is 109 Å². The van der Waals surface area contributed by atoms with Crippen molar-refractivity contribution in [1.29, 1.82) is 0 Å². The van der Waals surface area contributed by atoms with E-state index in [0.717, 1.165) is 6.42 Å².